The number of carbonyl (C=O) groups excluding carboxylic acids is 1. The molecule has 0 aliphatic carbocycles. The van der Waals surface area contributed by atoms with E-state index in [9.17, 15) is 4.79 Å². The van der Waals surface area contributed by atoms with Crippen LogP contribution in [0.2, 0.25) is 5.02 Å². The molecule has 1 aromatic heterocycles. The van der Waals surface area contributed by atoms with E-state index in [-0.39, 0.29) is 0 Å². The van der Waals surface area contributed by atoms with E-state index >= 15 is 0 Å². The van der Waals surface area contributed by atoms with Crippen LogP contribution in [0.1, 0.15) is 11.1 Å². The van der Waals surface area contributed by atoms with Gasteiger partial charge in [-0.3, -0.25) is 9.69 Å². The van der Waals surface area contributed by atoms with Crippen molar-refractivity contribution in [3.63, 3.8) is 0 Å². The number of aromatic nitrogens is 2. The number of piperazine rings is 1. The van der Waals surface area contributed by atoms with Gasteiger partial charge in [-0.2, -0.15) is 4.98 Å². The minimum absolute atomic E-state index is 0.583. The zero-order valence-corrected chi connectivity index (χ0v) is 24.0. The number of hydrogen-bond acceptors (Lipinski definition) is 8. The Morgan fingerprint density at radius 1 is 1.05 bits per heavy atom. The third-order valence-corrected chi connectivity index (χ3v) is 6.87. The quantitative estimate of drug-likeness (QED) is 0.217. The molecule has 1 aliphatic rings. The molecule has 0 bridgehead atoms. The second kappa shape index (κ2) is 13.6. The molecular weight excluding hydrogens is 510 g/mol. The van der Waals surface area contributed by atoms with Crippen LogP contribution in [-0.4, -0.2) is 98.4 Å². The van der Waals surface area contributed by atoms with Crippen molar-refractivity contribution in [1.82, 2.24) is 24.7 Å². The SMILES string of the molecule is CN(C)/C=C(\C=C/C=O)c1ccc2nc(N3CCN(CCN(C)C)CC3)nc(NCc3cccc(Cl)c3)c2c1. The number of benzene rings is 2. The van der Waals surface area contributed by atoms with Crippen molar-refractivity contribution in [3.05, 3.63) is 77.0 Å². The van der Waals surface area contributed by atoms with Crippen LogP contribution in [0.15, 0.2) is 60.8 Å². The largest absolute Gasteiger partial charge is 0.383 e. The normalized spacial score (nSPS) is 14.9. The average Bonchev–Trinajstić information content (AvgIpc) is 2.92. The van der Waals surface area contributed by atoms with E-state index in [1.807, 2.05) is 67.7 Å². The maximum Gasteiger partial charge on any atom is 0.227 e. The van der Waals surface area contributed by atoms with Gasteiger partial charge in [0.25, 0.3) is 0 Å². The van der Waals surface area contributed by atoms with Crippen LogP contribution >= 0.6 is 11.6 Å². The fraction of sp³-hybridized carbons (Fsp3) is 0.367. The summed E-state index contributed by atoms with van der Waals surface area (Å²) >= 11 is 6.23. The predicted octanol–water partition coefficient (Wildman–Crippen LogP) is 4.24. The monoisotopic (exact) mass is 547 g/mol. The molecule has 206 valence electrons. The number of fused-ring (bicyclic) bond motifs is 1. The maximum absolute atomic E-state index is 11.0. The molecule has 0 radical (unpaired) electrons. The van der Waals surface area contributed by atoms with Crippen molar-refractivity contribution in [3.8, 4) is 0 Å². The highest BCUT2D eigenvalue weighted by Crippen LogP contribution is 2.29. The van der Waals surface area contributed by atoms with E-state index in [1.54, 1.807) is 0 Å². The average molecular weight is 548 g/mol. The molecule has 0 unspecified atom stereocenters. The van der Waals surface area contributed by atoms with Gasteiger partial charge in [0, 0.05) is 76.5 Å². The highest BCUT2D eigenvalue weighted by molar-refractivity contribution is 6.30. The molecule has 8 nitrogen and oxygen atoms in total. The predicted molar refractivity (Wildman–Crippen MR) is 162 cm³/mol. The number of halogens is 1. The van der Waals surface area contributed by atoms with Crippen LogP contribution in [0, 0.1) is 0 Å². The molecule has 0 saturated carbocycles. The Labute approximate surface area is 236 Å². The number of carbonyl (C=O) groups is 1. The third kappa shape index (κ3) is 8.02. The van der Waals surface area contributed by atoms with Crippen LogP contribution in [-0.2, 0) is 11.3 Å². The summed E-state index contributed by atoms with van der Waals surface area (Å²) in [5.74, 6) is 1.51. The smallest absolute Gasteiger partial charge is 0.227 e. The Morgan fingerprint density at radius 2 is 1.85 bits per heavy atom. The van der Waals surface area contributed by atoms with E-state index < -0.39 is 0 Å². The first-order chi connectivity index (χ1) is 18.8. The fourth-order valence-electron chi connectivity index (χ4n) is 4.55. The first-order valence-corrected chi connectivity index (χ1v) is 13.6. The Hall–Kier alpha value is -3.46. The summed E-state index contributed by atoms with van der Waals surface area (Å²) in [4.78, 5) is 30.0. The Balaban J connectivity index is 1.67. The van der Waals surface area contributed by atoms with E-state index in [1.165, 1.54) is 6.08 Å². The molecule has 0 spiro atoms. The highest BCUT2D eigenvalue weighted by Gasteiger charge is 2.21. The lowest BCUT2D eigenvalue weighted by atomic mass is 10.0. The molecule has 2 heterocycles. The molecule has 4 rings (SSSR count). The molecule has 9 heteroatoms. The second-order valence-corrected chi connectivity index (χ2v) is 10.7. The van der Waals surface area contributed by atoms with Gasteiger partial charge in [0.1, 0.15) is 12.1 Å². The zero-order valence-electron chi connectivity index (χ0n) is 23.3. The van der Waals surface area contributed by atoms with Crippen LogP contribution in [0.3, 0.4) is 0 Å². The van der Waals surface area contributed by atoms with Gasteiger partial charge in [-0.1, -0.05) is 29.8 Å². The number of allylic oxidation sites excluding steroid dienone is 3. The van der Waals surface area contributed by atoms with Crippen molar-refractivity contribution in [1.29, 1.82) is 0 Å². The van der Waals surface area contributed by atoms with Gasteiger partial charge in [0.2, 0.25) is 5.95 Å². The maximum atomic E-state index is 11.0. The molecule has 1 aliphatic heterocycles. The zero-order chi connectivity index (χ0) is 27.8. The van der Waals surface area contributed by atoms with Crippen molar-refractivity contribution in [2.75, 3.05) is 77.7 Å². The van der Waals surface area contributed by atoms with Gasteiger partial charge in [-0.05, 0) is 67.2 Å². The molecule has 1 fully saturated rings. The van der Waals surface area contributed by atoms with E-state index in [0.29, 0.717) is 11.6 Å². The van der Waals surface area contributed by atoms with Gasteiger partial charge in [-0.15, -0.1) is 0 Å². The van der Waals surface area contributed by atoms with Crippen LogP contribution in [0.4, 0.5) is 11.8 Å². The molecule has 39 heavy (non-hydrogen) atoms. The summed E-state index contributed by atoms with van der Waals surface area (Å²) in [5.41, 5.74) is 3.85. The summed E-state index contributed by atoms with van der Waals surface area (Å²) in [5, 5.41) is 5.17. The minimum atomic E-state index is 0.583. The van der Waals surface area contributed by atoms with Gasteiger partial charge in [0.15, 0.2) is 0 Å². The third-order valence-electron chi connectivity index (χ3n) is 6.64. The number of aldehydes is 1. The molecular formula is C30H38ClN7O. The summed E-state index contributed by atoms with van der Waals surface area (Å²) < 4.78 is 0. The lowest BCUT2D eigenvalue weighted by Crippen LogP contribution is -2.48. The van der Waals surface area contributed by atoms with Crippen molar-refractivity contribution in [2.24, 2.45) is 0 Å². The van der Waals surface area contributed by atoms with E-state index in [4.69, 9.17) is 21.6 Å². The summed E-state index contributed by atoms with van der Waals surface area (Å²) in [6.45, 7) is 6.45. The van der Waals surface area contributed by atoms with Crippen LogP contribution in [0.5, 0.6) is 0 Å². The topological polar surface area (TPSA) is 67.8 Å². The van der Waals surface area contributed by atoms with Gasteiger partial charge in [-0.25, -0.2) is 4.98 Å². The summed E-state index contributed by atoms with van der Waals surface area (Å²) in [7, 11) is 8.15. The van der Waals surface area contributed by atoms with Gasteiger partial charge < -0.3 is 20.0 Å². The Morgan fingerprint density at radius 3 is 2.54 bits per heavy atom. The molecule has 1 N–H and O–H groups in total. The number of likely N-dealkylation sites (N-methyl/N-ethyl adjacent to an activating group) is 1. The first-order valence-electron chi connectivity index (χ1n) is 13.2. The number of rotatable bonds is 11. The Bertz CT molecular complexity index is 1330. The number of nitrogens with one attached hydrogen (secondary N) is 1. The lowest BCUT2D eigenvalue weighted by molar-refractivity contribution is -0.104. The van der Waals surface area contributed by atoms with Gasteiger partial charge >= 0.3 is 0 Å². The molecule has 0 atom stereocenters. The second-order valence-electron chi connectivity index (χ2n) is 10.3. The van der Waals surface area contributed by atoms with Crippen LogP contribution in [0.25, 0.3) is 16.5 Å². The molecule has 2 aromatic carbocycles. The van der Waals surface area contributed by atoms with Crippen molar-refractivity contribution in [2.45, 2.75) is 6.54 Å². The summed E-state index contributed by atoms with van der Waals surface area (Å²) in [6.07, 6.45) is 6.11. The van der Waals surface area contributed by atoms with E-state index in [2.05, 4.69) is 40.2 Å². The first kappa shape index (κ1) is 28.5. The number of nitrogens with zero attached hydrogens (tertiary/aromatic N) is 6. The number of anilines is 2. The Kier molecular flexibility index (Phi) is 9.92. The number of hydrogen-bond donors (Lipinski definition) is 1. The van der Waals surface area contributed by atoms with Crippen molar-refractivity contribution < 1.29 is 4.79 Å². The summed E-state index contributed by atoms with van der Waals surface area (Å²) in [6, 6.07) is 14.0. The molecule has 1 saturated heterocycles. The standard InChI is InChI=1S/C30H38ClN7O/c1-35(2)12-13-37-14-16-38(17-15-37)30-33-28-11-10-24(25(8-6-18-39)22-36(3)4)20-27(28)29(34-30)32-21-23-7-5-9-26(31)19-23/h5-11,18-20,22H,12-17,21H2,1-4H3,(H,32,33,34)/b8-6-,25-22+. The van der Waals surface area contributed by atoms with E-state index in [0.717, 1.165) is 84.9 Å². The lowest BCUT2D eigenvalue weighted by Gasteiger charge is -2.35. The van der Waals surface area contributed by atoms with Gasteiger partial charge in [0.05, 0.1) is 5.52 Å². The minimum Gasteiger partial charge on any atom is -0.383 e. The van der Waals surface area contributed by atoms with Crippen molar-refractivity contribution >= 4 is 46.1 Å². The van der Waals surface area contributed by atoms with Crippen LogP contribution < -0.4 is 10.2 Å². The highest BCUT2D eigenvalue weighted by atomic mass is 35.5. The molecule has 3 aromatic rings. The molecule has 0 amide bonds. The fourth-order valence-corrected chi connectivity index (χ4v) is 4.77.